The lowest BCUT2D eigenvalue weighted by atomic mass is 10.00. The highest BCUT2D eigenvalue weighted by atomic mass is 16.5. The smallest absolute Gasteiger partial charge is 0.185 e. The van der Waals surface area contributed by atoms with Crippen molar-refractivity contribution in [2.45, 2.75) is 20.1 Å². The first-order valence-electron chi connectivity index (χ1n) is 7.82. The Morgan fingerprint density at radius 3 is 2.32 bits per heavy atom. The molecule has 0 aliphatic heterocycles. The first kappa shape index (κ1) is 18.7. The van der Waals surface area contributed by atoms with E-state index in [9.17, 15) is 15.0 Å². The van der Waals surface area contributed by atoms with Crippen LogP contribution >= 0.6 is 0 Å². The van der Waals surface area contributed by atoms with Crippen LogP contribution in [-0.2, 0) is 13.2 Å². The van der Waals surface area contributed by atoms with E-state index in [0.717, 1.165) is 16.9 Å². The van der Waals surface area contributed by atoms with Crippen molar-refractivity contribution >= 4 is 11.9 Å². The molecule has 2 aromatic rings. The normalized spacial score (nSPS) is 10.9. The van der Waals surface area contributed by atoms with Crippen molar-refractivity contribution in [2.24, 2.45) is 0 Å². The summed E-state index contributed by atoms with van der Waals surface area (Å²) in [4.78, 5) is 12.5. The average molecular weight is 342 g/mol. The van der Waals surface area contributed by atoms with Crippen molar-refractivity contribution in [1.82, 2.24) is 0 Å². The number of carbonyl (C=O) groups is 1. The van der Waals surface area contributed by atoms with Crippen LogP contribution in [-0.4, -0.2) is 30.2 Å². The van der Waals surface area contributed by atoms with Crippen LogP contribution in [0.3, 0.4) is 0 Å². The van der Waals surface area contributed by atoms with Crippen molar-refractivity contribution in [2.75, 3.05) is 14.2 Å². The van der Waals surface area contributed by atoms with Gasteiger partial charge in [-0.1, -0.05) is 12.1 Å². The first-order chi connectivity index (χ1) is 12.0. The fourth-order valence-corrected chi connectivity index (χ4v) is 2.62. The Bertz CT molecular complexity index is 768. The molecule has 0 aliphatic carbocycles. The third-order valence-corrected chi connectivity index (χ3v) is 3.98. The van der Waals surface area contributed by atoms with Crippen molar-refractivity contribution in [3.8, 4) is 11.5 Å². The van der Waals surface area contributed by atoms with E-state index in [4.69, 9.17) is 9.47 Å². The minimum Gasteiger partial charge on any atom is -0.496 e. The second-order valence-electron chi connectivity index (χ2n) is 5.56. The fraction of sp³-hybridized carbons (Fsp3) is 0.250. The van der Waals surface area contributed by atoms with Crippen LogP contribution in [0.2, 0.25) is 0 Å². The molecular formula is C20H22O5. The van der Waals surface area contributed by atoms with Gasteiger partial charge in [0, 0.05) is 11.1 Å². The number of aliphatic hydroxyl groups is 2. The summed E-state index contributed by atoms with van der Waals surface area (Å²) in [5.74, 6) is 0.956. The average Bonchev–Trinajstić information content (AvgIpc) is 2.64. The molecule has 0 heterocycles. The van der Waals surface area contributed by atoms with E-state index >= 15 is 0 Å². The van der Waals surface area contributed by atoms with Crippen LogP contribution in [0.4, 0.5) is 0 Å². The summed E-state index contributed by atoms with van der Waals surface area (Å²) in [6.07, 6.45) is 3.19. The van der Waals surface area contributed by atoms with Crippen molar-refractivity contribution in [3.63, 3.8) is 0 Å². The third-order valence-electron chi connectivity index (χ3n) is 3.98. The zero-order chi connectivity index (χ0) is 18.4. The molecule has 132 valence electrons. The van der Waals surface area contributed by atoms with Gasteiger partial charge >= 0.3 is 0 Å². The number of rotatable bonds is 7. The first-order valence-corrected chi connectivity index (χ1v) is 7.82. The molecule has 0 amide bonds. The van der Waals surface area contributed by atoms with Gasteiger partial charge in [0.05, 0.1) is 27.4 Å². The number of hydrogen-bond acceptors (Lipinski definition) is 5. The summed E-state index contributed by atoms with van der Waals surface area (Å²) in [5, 5.41) is 18.9. The third kappa shape index (κ3) is 4.26. The monoisotopic (exact) mass is 342 g/mol. The van der Waals surface area contributed by atoms with E-state index in [0.29, 0.717) is 22.4 Å². The summed E-state index contributed by atoms with van der Waals surface area (Å²) in [7, 11) is 3.07. The number of benzene rings is 2. The van der Waals surface area contributed by atoms with Crippen LogP contribution in [0, 0.1) is 6.92 Å². The maximum Gasteiger partial charge on any atom is 0.185 e. The highest BCUT2D eigenvalue weighted by Gasteiger charge is 2.13. The summed E-state index contributed by atoms with van der Waals surface area (Å²) >= 11 is 0. The van der Waals surface area contributed by atoms with E-state index in [-0.39, 0.29) is 19.0 Å². The lowest BCUT2D eigenvalue weighted by molar-refractivity contribution is 0.104. The molecule has 0 saturated carbocycles. The highest BCUT2D eigenvalue weighted by Crippen LogP contribution is 2.26. The van der Waals surface area contributed by atoms with E-state index in [1.807, 2.05) is 25.1 Å². The number of ether oxygens (including phenoxy) is 2. The van der Waals surface area contributed by atoms with Gasteiger partial charge in [-0.25, -0.2) is 0 Å². The molecule has 2 aromatic carbocycles. The number of aliphatic hydroxyl groups excluding tert-OH is 2. The molecule has 0 bridgehead atoms. The zero-order valence-corrected chi connectivity index (χ0v) is 14.6. The number of allylic oxidation sites excluding steroid dienone is 1. The summed E-state index contributed by atoms with van der Waals surface area (Å²) in [6.45, 7) is 1.38. The van der Waals surface area contributed by atoms with Gasteiger partial charge in [0.1, 0.15) is 11.5 Å². The van der Waals surface area contributed by atoms with E-state index < -0.39 is 0 Å². The molecule has 0 atom stereocenters. The predicted molar refractivity (Wildman–Crippen MR) is 95.9 cm³/mol. The van der Waals surface area contributed by atoms with Gasteiger partial charge in [-0.05, 0) is 54.0 Å². The maximum atomic E-state index is 12.5. The van der Waals surface area contributed by atoms with Crippen LogP contribution < -0.4 is 9.47 Å². The topological polar surface area (TPSA) is 76.0 Å². The molecule has 0 saturated heterocycles. The standard InChI is InChI=1S/C20H22O5/c1-13-8-14(5-7-19(13)24-2)4-6-18(23)15-9-16(11-21)17(12-22)20(10-15)25-3/h4-10,21-22H,11-12H2,1-3H3/b6-4+. The Balaban J connectivity index is 2.30. The van der Waals surface area contributed by atoms with Crippen molar-refractivity contribution < 1.29 is 24.5 Å². The second kappa shape index (κ2) is 8.46. The quantitative estimate of drug-likeness (QED) is 0.598. The van der Waals surface area contributed by atoms with Crippen LogP contribution in [0.25, 0.3) is 6.08 Å². The van der Waals surface area contributed by atoms with Crippen LogP contribution in [0.15, 0.2) is 36.4 Å². The SMILES string of the molecule is COc1ccc(/C=C/C(=O)c2cc(CO)c(CO)c(OC)c2)cc1C. The molecule has 25 heavy (non-hydrogen) atoms. The predicted octanol–water partition coefficient (Wildman–Crippen LogP) is 2.89. The van der Waals surface area contributed by atoms with Gasteiger partial charge in [0.15, 0.2) is 5.78 Å². The van der Waals surface area contributed by atoms with Gasteiger partial charge in [-0.3, -0.25) is 4.79 Å². The molecule has 5 heteroatoms. The van der Waals surface area contributed by atoms with E-state index in [1.165, 1.54) is 13.2 Å². The lowest BCUT2D eigenvalue weighted by Gasteiger charge is -2.12. The molecule has 2 rings (SSSR count). The van der Waals surface area contributed by atoms with Crippen LogP contribution in [0.5, 0.6) is 11.5 Å². The number of methoxy groups -OCH3 is 2. The van der Waals surface area contributed by atoms with Crippen molar-refractivity contribution in [1.29, 1.82) is 0 Å². The van der Waals surface area contributed by atoms with Gasteiger partial charge in [0.2, 0.25) is 0 Å². The Morgan fingerprint density at radius 1 is 1.04 bits per heavy atom. The summed E-state index contributed by atoms with van der Waals surface area (Å²) < 4.78 is 10.4. The summed E-state index contributed by atoms with van der Waals surface area (Å²) in [6, 6.07) is 8.78. The Morgan fingerprint density at radius 2 is 1.76 bits per heavy atom. The molecule has 2 N–H and O–H groups in total. The lowest BCUT2D eigenvalue weighted by Crippen LogP contribution is -2.03. The molecule has 0 radical (unpaired) electrons. The molecule has 0 aliphatic rings. The second-order valence-corrected chi connectivity index (χ2v) is 5.56. The van der Waals surface area contributed by atoms with Gasteiger partial charge in [-0.15, -0.1) is 0 Å². The van der Waals surface area contributed by atoms with Gasteiger partial charge in [-0.2, -0.15) is 0 Å². The van der Waals surface area contributed by atoms with Crippen molar-refractivity contribution in [3.05, 3.63) is 64.2 Å². The number of carbonyl (C=O) groups excluding carboxylic acids is 1. The van der Waals surface area contributed by atoms with E-state index in [1.54, 1.807) is 25.3 Å². The highest BCUT2D eigenvalue weighted by molar-refractivity contribution is 6.07. The molecule has 0 fully saturated rings. The van der Waals surface area contributed by atoms with Gasteiger partial charge in [0.25, 0.3) is 0 Å². The Kier molecular flexibility index (Phi) is 6.33. The minimum atomic E-state index is -0.283. The molecule has 5 nitrogen and oxygen atoms in total. The fourth-order valence-electron chi connectivity index (χ4n) is 2.62. The minimum absolute atomic E-state index is 0.217. The largest absolute Gasteiger partial charge is 0.496 e. The van der Waals surface area contributed by atoms with Gasteiger partial charge < -0.3 is 19.7 Å². The Labute approximate surface area is 147 Å². The van der Waals surface area contributed by atoms with E-state index in [2.05, 4.69) is 0 Å². The number of aryl methyl sites for hydroxylation is 1. The summed E-state index contributed by atoms with van der Waals surface area (Å²) in [5.41, 5.74) is 3.20. The number of ketones is 1. The molecule has 0 aromatic heterocycles. The molecular weight excluding hydrogens is 320 g/mol. The van der Waals surface area contributed by atoms with Crippen LogP contribution in [0.1, 0.15) is 32.6 Å². The number of hydrogen-bond donors (Lipinski definition) is 2. The molecule has 0 unspecified atom stereocenters. The molecule has 0 spiro atoms. The Hall–Kier alpha value is -2.63. The maximum absolute atomic E-state index is 12.5. The zero-order valence-electron chi connectivity index (χ0n) is 14.6.